The second-order valence-corrected chi connectivity index (χ2v) is 4.29. The van der Waals surface area contributed by atoms with Crippen molar-refractivity contribution < 1.29 is 9.53 Å². The second-order valence-electron chi connectivity index (χ2n) is 3.54. The number of aromatic nitrogens is 2. The predicted molar refractivity (Wildman–Crippen MR) is 58.9 cm³/mol. The molecule has 84 valence electrons. The molecular formula is C9H15N3O2S. The van der Waals surface area contributed by atoms with Crippen molar-refractivity contribution in [1.82, 2.24) is 9.36 Å². The highest BCUT2D eigenvalue weighted by molar-refractivity contribution is 7.09. The number of ether oxygens (including phenoxy) is 1. The summed E-state index contributed by atoms with van der Waals surface area (Å²) in [5, 5.41) is 3.67. The van der Waals surface area contributed by atoms with Gasteiger partial charge in [-0.2, -0.15) is 4.37 Å². The molecule has 1 rings (SSSR count). The standard InChI is InChI=1S/C9H15N3O2S/c1-5(2)7(8(13)14-4)11-9-10-6(3)12-15-9/h5,7H,1-4H3,(H,10,11,12). The van der Waals surface area contributed by atoms with Crippen molar-refractivity contribution >= 4 is 22.6 Å². The van der Waals surface area contributed by atoms with Gasteiger partial charge in [-0.1, -0.05) is 13.8 Å². The molecule has 1 N–H and O–H groups in total. The number of esters is 1. The molecular weight excluding hydrogens is 214 g/mol. The van der Waals surface area contributed by atoms with Gasteiger partial charge in [0.1, 0.15) is 11.9 Å². The Balaban J connectivity index is 2.71. The van der Waals surface area contributed by atoms with Gasteiger partial charge in [0, 0.05) is 11.5 Å². The van der Waals surface area contributed by atoms with E-state index in [4.69, 9.17) is 4.74 Å². The van der Waals surface area contributed by atoms with E-state index < -0.39 is 0 Å². The fraction of sp³-hybridized carbons (Fsp3) is 0.667. The molecule has 5 nitrogen and oxygen atoms in total. The van der Waals surface area contributed by atoms with Gasteiger partial charge in [-0.05, 0) is 12.8 Å². The van der Waals surface area contributed by atoms with Crippen LogP contribution in [-0.2, 0) is 9.53 Å². The normalized spacial score (nSPS) is 12.6. The maximum atomic E-state index is 11.4. The van der Waals surface area contributed by atoms with E-state index in [1.165, 1.54) is 18.6 Å². The Morgan fingerprint density at radius 1 is 1.53 bits per heavy atom. The predicted octanol–water partition coefficient (Wildman–Crippen LogP) is 1.46. The molecule has 1 atom stereocenters. The first-order valence-corrected chi connectivity index (χ1v) is 5.46. The lowest BCUT2D eigenvalue weighted by molar-refractivity contribution is -0.142. The summed E-state index contributed by atoms with van der Waals surface area (Å²) in [7, 11) is 1.38. The minimum absolute atomic E-state index is 0.140. The first-order valence-electron chi connectivity index (χ1n) is 4.69. The van der Waals surface area contributed by atoms with Crippen LogP contribution in [-0.4, -0.2) is 28.5 Å². The molecule has 1 heterocycles. The van der Waals surface area contributed by atoms with Crippen molar-refractivity contribution in [1.29, 1.82) is 0 Å². The molecule has 0 aliphatic heterocycles. The van der Waals surface area contributed by atoms with E-state index in [1.807, 2.05) is 20.8 Å². The molecule has 0 bridgehead atoms. The number of carbonyl (C=O) groups is 1. The van der Waals surface area contributed by atoms with Crippen LogP contribution in [0.25, 0.3) is 0 Å². The summed E-state index contributed by atoms with van der Waals surface area (Å²) in [6, 6.07) is -0.373. The van der Waals surface area contributed by atoms with Gasteiger partial charge in [0.2, 0.25) is 5.13 Å². The molecule has 0 amide bonds. The van der Waals surface area contributed by atoms with Gasteiger partial charge in [-0.15, -0.1) is 0 Å². The minimum Gasteiger partial charge on any atom is -0.467 e. The van der Waals surface area contributed by atoms with Crippen molar-refractivity contribution in [2.24, 2.45) is 5.92 Å². The largest absolute Gasteiger partial charge is 0.467 e. The Labute approximate surface area is 93.0 Å². The van der Waals surface area contributed by atoms with E-state index in [0.29, 0.717) is 11.0 Å². The third kappa shape index (κ3) is 3.16. The molecule has 0 spiro atoms. The van der Waals surface area contributed by atoms with Crippen molar-refractivity contribution in [3.8, 4) is 0 Å². The zero-order valence-corrected chi connectivity index (χ0v) is 10.1. The first kappa shape index (κ1) is 11.9. The number of hydrogen-bond acceptors (Lipinski definition) is 6. The Morgan fingerprint density at radius 3 is 2.60 bits per heavy atom. The van der Waals surface area contributed by atoms with Crippen LogP contribution in [0.3, 0.4) is 0 Å². The van der Waals surface area contributed by atoms with Crippen molar-refractivity contribution in [2.45, 2.75) is 26.8 Å². The molecule has 0 radical (unpaired) electrons. The van der Waals surface area contributed by atoms with Gasteiger partial charge in [0.15, 0.2) is 0 Å². The number of aryl methyl sites for hydroxylation is 1. The van der Waals surface area contributed by atoms with E-state index in [9.17, 15) is 4.79 Å². The molecule has 0 saturated carbocycles. The van der Waals surface area contributed by atoms with Crippen LogP contribution in [0.15, 0.2) is 0 Å². The quantitative estimate of drug-likeness (QED) is 0.792. The van der Waals surface area contributed by atoms with E-state index in [0.717, 1.165) is 0 Å². The fourth-order valence-electron chi connectivity index (χ4n) is 1.11. The maximum Gasteiger partial charge on any atom is 0.328 e. The summed E-state index contributed by atoms with van der Waals surface area (Å²) < 4.78 is 8.74. The Bertz CT molecular complexity index is 338. The molecule has 1 aromatic rings. The molecule has 0 saturated heterocycles. The average Bonchev–Trinajstić information content (AvgIpc) is 2.59. The van der Waals surface area contributed by atoms with Gasteiger partial charge in [0.05, 0.1) is 7.11 Å². The summed E-state index contributed by atoms with van der Waals surface area (Å²) in [5.41, 5.74) is 0. The number of anilines is 1. The van der Waals surface area contributed by atoms with Gasteiger partial charge in [-0.3, -0.25) is 0 Å². The maximum absolute atomic E-state index is 11.4. The Morgan fingerprint density at radius 2 is 2.20 bits per heavy atom. The van der Waals surface area contributed by atoms with E-state index in [-0.39, 0.29) is 17.9 Å². The summed E-state index contributed by atoms with van der Waals surface area (Å²) in [6.45, 7) is 5.70. The lowest BCUT2D eigenvalue weighted by atomic mass is 10.1. The highest BCUT2D eigenvalue weighted by Crippen LogP contribution is 2.15. The molecule has 0 aliphatic carbocycles. The molecule has 0 aliphatic rings. The fourth-order valence-corrected chi connectivity index (χ4v) is 1.73. The molecule has 0 aromatic carbocycles. The topological polar surface area (TPSA) is 64.1 Å². The number of methoxy groups -OCH3 is 1. The smallest absolute Gasteiger partial charge is 0.328 e. The van der Waals surface area contributed by atoms with Crippen LogP contribution in [0.1, 0.15) is 19.7 Å². The third-order valence-corrected chi connectivity index (χ3v) is 2.67. The lowest BCUT2D eigenvalue weighted by Crippen LogP contribution is -2.35. The average molecular weight is 229 g/mol. The number of nitrogens with zero attached hydrogens (tertiary/aromatic N) is 2. The summed E-state index contributed by atoms with van der Waals surface area (Å²) in [5.74, 6) is 0.564. The van der Waals surface area contributed by atoms with E-state index in [1.54, 1.807) is 0 Å². The zero-order chi connectivity index (χ0) is 11.4. The van der Waals surface area contributed by atoms with Gasteiger partial charge in [0.25, 0.3) is 0 Å². The van der Waals surface area contributed by atoms with Crippen molar-refractivity contribution in [2.75, 3.05) is 12.4 Å². The summed E-state index contributed by atoms with van der Waals surface area (Å²) in [6.07, 6.45) is 0. The van der Waals surface area contributed by atoms with Crippen molar-refractivity contribution in [3.05, 3.63) is 5.82 Å². The number of hydrogen-bond donors (Lipinski definition) is 1. The molecule has 6 heteroatoms. The number of rotatable bonds is 4. The number of carbonyl (C=O) groups excluding carboxylic acids is 1. The Hall–Kier alpha value is -1.17. The van der Waals surface area contributed by atoms with Crippen LogP contribution < -0.4 is 5.32 Å². The second kappa shape index (κ2) is 5.06. The van der Waals surface area contributed by atoms with Crippen LogP contribution >= 0.6 is 11.5 Å². The monoisotopic (exact) mass is 229 g/mol. The van der Waals surface area contributed by atoms with Gasteiger partial charge in [-0.25, -0.2) is 9.78 Å². The van der Waals surface area contributed by atoms with E-state index >= 15 is 0 Å². The molecule has 1 unspecified atom stereocenters. The Kier molecular flexibility index (Phi) is 4.02. The summed E-state index contributed by atoms with van der Waals surface area (Å²) in [4.78, 5) is 15.6. The van der Waals surface area contributed by atoms with Crippen LogP contribution in [0.4, 0.5) is 5.13 Å². The highest BCUT2D eigenvalue weighted by atomic mass is 32.1. The zero-order valence-electron chi connectivity index (χ0n) is 9.27. The minimum atomic E-state index is -0.373. The highest BCUT2D eigenvalue weighted by Gasteiger charge is 2.23. The van der Waals surface area contributed by atoms with Crippen molar-refractivity contribution in [3.63, 3.8) is 0 Å². The third-order valence-electron chi connectivity index (χ3n) is 1.93. The molecule has 1 aromatic heterocycles. The lowest BCUT2D eigenvalue weighted by Gasteiger charge is -2.18. The van der Waals surface area contributed by atoms with Gasteiger partial charge >= 0.3 is 5.97 Å². The molecule has 0 fully saturated rings. The van der Waals surface area contributed by atoms with E-state index in [2.05, 4.69) is 14.7 Å². The van der Waals surface area contributed by atoms with Crippen LogP contribution in [0.2, 0.25) is 0 Å². The summed E-state index contributed by atoms with van der Waals surface area (Å²) >= 11 is 1.24. The number of nitrogens with one attached hydrogen (secondary N) is 1. The SMILES string of the molecule is COC(=O)C(Nc1nc(C)ns1)C(C)C. The van der Waals surface area contributed by atoms with Gasteiger partial charge < -0.3 is 10.1 Å². The van der Waals surface area contributed by atoms with Crippen LogP contribution in [0.5, 0.6) is 0 Å². The van der Waals surface area contributed by atoms with Crippen LogP contribution in [0, 0.1) is 12.8 Å². The molecule has 15 heavy (non-hydrogen) atoms. The first-order chi connectivity index (χ1) is 7.04.